The molecule has 3 nitrogen and oxygen atoms in total. The molecule has 1 aliphatic heterocycles. The number of nitrogens with zero attached hydrogens (tertiary/aromatic N) is 1. The molecule has 2 N–H and O–H groups in total. The number of carbonyl (C=O) groups is 1. The van der Waals surface area contributed by atoms with Crippen molar-refractivity contribution in [2.75, 3.05) is 6.54 Å². The topological polar surface area (TPSA) is 55.4 Å². The summed E-state index contributed by atoms with van der Waals surface area (Å²) in [6.45, 7) is 24.5. The van der Waals surface area contributed by atoms with Gasteiger partial charge in [-0.1, -0.05) is 139 Å². The fourth-order valence-electron chi connectivity index (χ4n) is 4.01. The molecule has 43 heavy (non-hydrogen) atoms. The van der Waals surface area contributed by atoms with E-state index in [9.17, 15) is 13.2 Å². The molecule has 2 aromatic carbocycles. The molecule has 0 atom stereocenters. The van der Waals surface area contributed by atoms with Crippen LogP contribution in [0.4, 0.5) is 13.2 Å². The van der Waals surface area contributed by atoms with Crippen LogP contribution in [-0.2, 0) is 11.0 Å². The number of nitrogens with two attached hydrogens (primary N) is 1. The Morgan fingerprint density at radius 3 is 1.86 bits per heavy atom. The maximum absolute atomic E-state index is 13.1. The summed E-state index contributed by atoms with van der Waals surface area (Å²) in [7, 11) is 0. The third-order valence-corrected chi connectivity index (χ3v) is 5.94. The summed E-state index contributed by atoms with van der Waals surface area (Å²) in [5.74, 6) is 0.836. The van der Waals surface area contributed by atoms with Crippen LogP contribution in [0, 0.1) is 5.92 Å². The number of aliphatic imine (C=N–C) groups is 1. The minimum Gasteiger partial charge on any atom is -0.398 e. The quantitative estimate of drug-likeness (QED) is 0.252. The highest BCUT2D eigenvalue weighted by Gasteiger charge is 2.32. The SMILES string of the molecule is CC.CC.CC.CC(C)c1cc(C(F)(F)F)ccc1C1=NCC=C(N)c2ccccc21.CC=O.CCCCCCC(C)C. The standard InChI is InChI=1S/C20H19F3N2.C9H20.C2H4O.3C2H6/c1-12(2)17-11-13(20(21,22)23)7-8-16(17)19-15-6-4-3-5-14(15)18(24)9-10-25-19;1-4-5-6-7-8-9(2)3;1-2-3;3*1-2/h3-9,11-12H,10,24H2,1-2H3;9H,4-8H2,1-3H3;2H,1H3;3*1-2H3. The summed E-state index contributed by atoms with van der Waals surface area (Å²) in [6, 6.07) is 11.4. The molecule has 0 amide bonds. The van der Waals surface area contributed by atoms with Crippen molar-refractivity contribution in [1.82, 2.24) is 0 Å². The van der Waals surface area contributed by atoms with Crippen LogP contribution in [-0.4, -0.2) is 18.5 Å². The monoisotopic (exact) mass is 606 g/mol. The molecule has 0 spiro atoms. The predicted molar refractivity (Wildman–Crippen MR) is 184 cm³/mol. The van der Waals surface area contributed by atoms with Crippen molar-refractivity contribution in [3.8, 4) is 0 Å². The third kappa shape index (κ3) is 17.7. The maximum atomic E-state index is 13.1. The lowest BCUT2D eigenvalue weighted by Gasteiger charge is -2.18. The van der Waals surface area contributed by atoms with Crippen molar-refractivity contribution in [3.05, 3.63) is 76.4 Å². The molecule has 0 bridgehead atoms. The van der Waals surface area contributed by atoms with E-state index in [1.807, 2.05) is 85.7 Å². The number of aldehydes is 1. The van der Waals surface area contributed by atoms with E-state index in [0.29, 0.717) is 23.5 Å². The predicted octanol–water partition coefficient (Wildman–Crippen LogP) is 11.9. The molecule has 1 heterocycles. The van der Waals surface area contributed by atoms with Gasteiger partial charge >= 0.3 is 6.18 Å². The van der Waals surface area contributed by atoms with Crippen molar-refractivity contribution in [3.63, 3.8) is 0 Å². The molecule has 0 aliphatic carbocycles. The van der Waals surface area contributed by atoms with Crippen LogP contribution in [0.5, 0.6) is 0 Å². The van der Waals surface area contributed by atoms with Gasteiger partial charge in [0.1, 0.15) is 6.29 Å². The Kier molecular flexibility index (Phi) is 27.7. The van der Waals surface area contributed by atoms with Gasteiger partial charge in [0.15, 0.2) is 0 Å². The Labute approximate surface area is 262 Å². The van der Waals surface area contributed by atoms with Crippen LogP contribution in [0.3, 0.4) is 0 Å². The van der Waals surface area contributed by atoms with Gasteiger partial charge in [0.05, 0.1) is 17.8 Å². The summed E-state index contributed by atoms with van der Waals surface area (Å²) in [4.78, 5) is 13.4. The van der Waals surface area contributed by atoms with Gasteiger partial charge in [-0.05, 0) is 42.5 Å². The maximum Gasteiger partial charge on any atom is 0.416 e. The van der Waals surface area contributed by atoms with Gasteiger partial charge in [0.2, 0.25) is 0 Å². The molecule has 0 fully saturated rings. The molecule has 0 saturated heterocycles. The van der Waals surface area contributed by atoms with Gasteiger partial charge in [-0.25, -0.2) is 0 Å². The molecule has 0 saturated carbocycles. The second-order valence-corrected chi connectivity index (χ2v) is 9.83. The molecule has 6 heteroatoms. The lowest BCUT2D eigenvalue weighted by molar-refractivity contribution is -0.137. The normalized spacial score (nSPS) is 11.5. The highest BCUT2D eigenvalue weighted by atomic mass is 19.4. The average Bonchev–Trinajstić information content (AvgIpc) is 3.17. The van der Waals surface area contributed by atoms with E-state index in [2.05, 4.69) is 25.8 Å². The number of halogens is 3. The number of rotatable bonds is 7. The Morgan fingerprint density at radius 1 is 0.860 bits per heavy atom. The number of fused-ring (bicyclic) bond motifs is 1. The van der Waals surface area contributed by atoms with E-state index >= 15 is 0 Å². The summed E-state index contributed by atoms with van der Waals surface area (Å²) in [5, 5.41) is 0. The number of hydrogen-bond acceptors (Lipinski definition) is 3. The zero-order chi connectivity index (χ0) is 34.0. The summed E-state index contributed by atoms with van der Waals surface area (Å²) >= 11 is 0. The van der Waals surface area contributed by atoms with Crippen LogP contribution in [0.1, 0.15) is 149 Å². The van der Waals surface area contributed by atoms with Gasteiger partial charge in [0.25, 0.3) is 0 Å². The number of carbonyl (C=O) groups excluding carboxylic acids is 1. The molecular weight excluding hydrogens is 545 g/mol. The van der Waals surface area contributed by atoms with Crippen molar-refractivity contribution in [1.29, 1.82) is 0 Å². The van der Waals surface area contributed by atoms with Crippen molar-refractivity contribution >= 4 is 17.7 Å². The van der Waals surface area contributed by atoms with Gasteiger partial charge in [-0.15, -0.1) is 0 Å². The Morgan fingerprint density at radius 2 is 1.40 bits per heavy atom. The minimum absolute atomic E-state index is 0.0688. The molecule has 3 rings (SSSR count). The van der Waals surface area contributed by atoms with Crippen LogP contribution < -0.4 is 5.73 Å². The van der Waals surface area contributed by atoms with Gasteiger partial charge in [0, 0.05) is 22.4 Å². The lowest BCUT2D eigenvalue weighted by Crippen LogP contribution is -2.13. The third-order valence-electron chi connectivity index (χ3n) is 5.94. The van der Waals surface area contributed by atoms with Gasteiger partial charge in [-0.3, -0.25) is 4.99 Å². The first-order chi connectivity index (χ1) is 20.5. The molecule has 0 unspecified atom stereocenters. The highest BCUT2D eigenvalue weighted by Crippen LogP contribution is 2.34. The minimum atomic E-state index is -4.36. The van der Waals surface area contributed by atoms with E-state index < -0.39 is 11.7 Å². The van der Waals surface area contributed by atoms with E-state index in [-0.39, 0.29) is 5.92 Å². The molecular formula is C37H61F3N2O. The molecule has 0 radical (unpaired) electrons. The van der Waals surface area contributed by atoms with Crippen LogP contribution in [0.2, 0.25) is 0 Å². The van der Waals surface area contributed by atoms with Gasteiger partial charge in [-0.2, -0.15) is 13.2 Å². The van der Waals surface area contributed by atoms with E-state index in [4.69, 9.17) is 10.5 Å². The smallest absolute Gasteiger partial charge is 0.398 e. The lowest BCUT2D eigenvalue weighted by atomic mass is 9.88. The Balaban J connectivity index is -0.000000743. The molecule has 0 aromatic heterocycles. The second kappa shape index (κ2) is 26.7. The summed E-state index contributed by atoms with van der Waals surface area (Å²) < 4.78 is 39.3. The van der Waals surface area contributed by atoms with E-state index in [1.54, 1.807) is 0 Å². The Hall–Kier alpha value is -2.89. The van der Waals surface area contributed by atoms with Crippen LogP contribution in [0.15, 0.2) is 53.5 Å². The zero-order valence-electron chi connectivity index (χ0n) is 29.2. The number of benzene rings is 2. The summed E-state index contributed by atoms with van der Waals surface area (Å²) in [6.07, 6.45) is 5.29. The first-order valence-corrected chi connectivity index (χ1v) is 16.2. The average molecular weight is 607 g/mol. The van der Waals surface area contributed by atoms with Crippen LogP contribution >= 0.6 is 0 Å². The molecule has 2 aromatic rings. The number of hydrogen-bond donors (Lipinski definition) is 1. The largest absolute Gasteiger partial charge is 0.416 e. The fourth-order valence-corrected chi connectivity index (χ4v) is 4.01. The second-order valence-electron chi connectivity index (χ2n) is 9.83. The van der Waals surface area contributed by atoms with Crippen molar-refractivity contribution < 1.29 is 18.0 Å². The van der Waals surface area contributed by atoms with Crippen molar-refractivity contribution in [2.24, 2.45) is 16.6 Å². The molecule has 246 valence electrons. The van der Waals surface area contributed by atoms with E-state index in [0.717, 1.165) is 35.0 Å². The van der Waals surface area contributed by atoms with Crippen molar-refractivity contribution in [2.45, 2.75) is 127 Å². The Bertz CT molecular complexity index is 1040. The fraction of sp³-hybridized carbons (Fsp3) is 0.568. The first-order valence-electron chi connectivity index (χ1n) is 16.2. The summed E-state index contributed by atoms with van der Waals surface area (Å²) in [5.41, 5.74) is 9.83. The van der Waals surface area contributed by atoms with E-state index in [1.165, 1.54) is 51.2 Å². The molecule has 1 aliphatic rings. The first kappa shape index (κ1) is 44.5. The number of alkyl halides is 3. The van der Waals surface area contributed by atoms with Gasteiger partial charge < -0.3 is 10.5 Å². The zero-order valence-corrected chi connectivity index (χ0v) is 29.2. The number of unbranched alkanes of at least 4 members (excludes halogenated alkanes) is 3. The highest BCUT2D eigenvalue weighted by molar-refractivity contribution is 6.16. The van der Waals surface area contributed by atoms with Crippen LogP contribution in [0.25, 0.3) is 5.70 Å².